The van der Waals surface area contributed by atoms with Crippen molar-refractivity contribution in [2.24, 2.45) is 10.8 Å². The van der Waals surface area contributed by atoms with Gasteiger partial charge >= 0.3 is 5.97 Å². The molecule has 3 rings (SSSR count). The van der Waals surface area contributed by atoms with Crippen molar-refractivity contribution in [2.75, 3.05) is 20.3 Å². The van der Waals surface area contributed by atoms with E-state index in [4.69, 9.17) is 14.2 Å². The van der Waals surface area contributed by atoms with Gasteiger partial charge in [-0.05, 0) is 31.8 Å². The molecule has 0 aromatic rings. The van der Waals surface area contributed by atoms with Crippen molar-refractivity contribution in [1.82, 2.24) is 0 Å². The predicted molar refractivity (Wildman–Crippen MR) is 75.4 cm³/mol. The van der Waals surface area contributed by atoms with Crippen LogP contribution in [0.1, 0.15) is 39.5 Å². The van der Waals surface area contributed by atoms with Gasteiger partial charge in [0.15, 0.2) is 5.79 Å². The van der Waals surface area contributed by atoms with Crippen molar-refractivity contribution < 1.29 is 24.1 Å². The normalized spacial score (nSPS) is 41.5. The zero-order chi connectivity index (χ0) is 15.3. The predicted octanol–water partition coefficient (Wildman–Crippen LogP) is 1.79. The largest absolute Gasteiger partial charge is 0.468 e. The van der Waals surface area contributed by atoms with E-state index in [2.05, 4.69) is 13.0 Å². The zero-order valence-corrected chi connectivity index (χ0v) is 13.0. The summed E-state index contributed by atoms with van der Waals surface area (Å²) in [5, 5.41) is 10.5. The quantitative estimate of drug-likeness (QED) is 0.590. The van der Waals surface area contributed by atoms with Crippen LogP contribution in [-0.2, 0) is 19.0 Å². The zero-order valence-electron chi connectivity index (χ0n) is 13.0. The summed E-state index contributed by atoms with van der Waals surface area (Å²) in [4.78, 5) is 12.4. The molecule has 0 bridgehead atoms. The summed E-state index contributed by atoms with van der Waals surface area (Å²) in [6, 6.07) is 0. The highest BCUT2D eigenvalue weighted by molar-refractivity contribution is 5.82. The van der Waals surface area contributed by atoms with Gasteiger partial charge in [-0.25, -0.2) is 0 Å². The van der Waals surface area contributed by atoms with E-state index in [0.29, 0.717) is 19.6 Å². The van der Waals surface area contributed by atoms with Crippen LogP contribution in [-0.4, -0.2) is 43.3 Å². The van der Waals surface area contributed by atoms with E-state index in [1.54, 1.807) is 6.92 Å². The molecule has 0 unspecified atom stereocenters. The Hall–Kier alpha value is -0.910. The molecule has 118 valence electrons. The maximum atomic E-state index is 12.4. The smallest absolute Gasteiger partial charge is 0.318 e. The van der Waals surface area contributed by atoms with Gasteiger partial charge in [-0.3, -0.25) is 4.79 Å². The maximum Gasteiger partial charge on any atom is 0.318 e. The molecule has 0 radical (unpaired) electrons. The van der Waals surface area contributed by atoms with Crippen LogP contribution in [0.15, 0.2) is 11.6 Å². The minimum Gasteiger partial charge on any atom is -0.468 e. The highest BCUT2D eigenvalue weighted by Crippen LogP contribution is 2.61. The number of hydrogen-bond donors (Lipinski definition) is 1. The summed E-state index contributed by atoms with van der Waals surface area (Å²) < 4.78 is 17.0. The van der Waals surface area contributed by atoms with E-state index in [1.165, 1.54) is 7.11 Å². The molecular weight excluding hydrogens is 272 g/mol. The Bertz CT molecular complexity index is 479. The van der Waals surface area contributed by atoms with Crippen molar-refractivity contribution in [2.45, 2.75) is 51.4 Å². The number of rotatable bonds is 1. The van der Waals surface area contributed by atoms with Crippen molar-refractivity contribution in [3.63, 3.8) is 0 Å². The van der Waals surface area contributed by atoms with Gasteiger partial charge in [0.05, 0.1) is 26.4 Å². The van der Waals surface area contributed by atoms with E-state index in [9.17, 15) is 9.90 Å². The van der Waals surface area contributed by atoms with Gasteiger partial charge in [0, 0.05) is 11.8 Å². The Morgan fingerprint density at radius 2 is 2.00 bits per heavy atom. The molecule has 0 aromatic carbocycles. The molecule has 2 fully saturated rings. The molecule has 5 heteroatoms. The Kier molecular flexibility index (Phi) is 3.43. The van der Waals surface area contributed by atoms with Gasteiger partial charge < -0.3 is 19.3 Å². The first-order valence-corrected chi connectivity index (χ1v) is 7.66. The van der Waals surface area contributed by atoms with Crippen LogP contribution in [0.4, 0.5) is 0 Å². The summed E-state index contributed by atoms with van der Waals surface area (Å²) in [5.74, 6) is -1.05. The van der Waals surface area contributed by atoms with Crippen LogP contribution < -0.4 is 0 Å². The van der Waals surface area contributed by atoms with Crippen LogP contribution in [0.3, 0.4) is 0 Å². The van der Waals surface area contributed by atoms with Gasteiger partial charge in [-0.15, -0.1) is 0 Å². The van der Waals surface area contributed by atoms with Gasteiger partial charge in [0.1, 0.15) is 5.41 Å². The second-order valence-corrected chi connectivity index (χ2v) is 6.69. The molecule has 0 amide bonds. The van der Waals surface area contributed by atoms with Crippen molar-refractivity contribution in [3.05, 3.63) is 11.6 Å². The number of carbonyl (C=O) groups excluding carboxylic acids is 1. The van der Waals surface area contributed by atoms with Gasteiger partial charge in [0.25, 0.3) is 0 Å². The highest BCUT2D eigenvalue weighted by atomic mass is 16.7. The Balaban J connectivity index is 2.10. The minimum absolute atomic E-state index is 0.387. The fourth-order valence-corrected chi connectivity index (χ4v) is 4.49. The number of aliphatic hydroxyl groups is 1. The fourth-order valence-electron chi connectivity index (χ4n) is 4.49. The van der Waals surface area contributed by atoms with Crippen molar-refractivity contribution in [3.8, 4) is 0 Å². The number of hydrogen-bond acceptors (Lipinski definition) is 5. The number of methoxy groups -OCH3 is 1. The number of fused-ring (bicyclic) bond motifs is 2. The number of carbonyl (C=O) groups is 1. The molecule has 3 atom stereocenters. The third kappa shape index (κ3) is 1.77. The lowest BCUT2D eigenvalue weighted by Gasteiger charge is -2.56. The van der Waals surface area contributed by atoms with Crippen LogP contribution in [0.2, 0.25) is 0 Å². The Morgan fingerprint density at radius 1 is 1.33 bits per heavy atom. The lowest BCUT2D eigenvalue weighted by Crippen LogP contribution is -2.60. The second kappa shape index (κ2) is 4.80. The van der Waals surface area contributed by atoms with Crippen LogP contribution in [0.5, 0.6) is 0 Å². The first kappa shape index (κ1) is 15.0. The lowest BCUT2D eigenvalue weighted by atomic mass is 9.53. The van der Waals surface area contributed by atoms with Crippen LogP contribution in [0.25, 0.3) is 0 Å². The maximum absolute atomic E-state index is 12.4. The molecule has 1 N–H and O–H groups in total. The molecule has 2 aliphatic carbocycles. The summed E-state index contributed by atoms with van der Waals surface area (Å²) >= 11 is 0. The van der Waals surface area contributed by atoms with E-state index in [1.807, 2.05) is 0 Å². The monoisotopic (exact) mass is 296 g/mol. The molecule has 1 saturated carbocycles. The molecule has 1 aliphatic heterocycles. The summed E-state index contributed by atoms with van der Waals surface area (Å²) in [5.41, 5.74) is -0.511. The Labute approximate surface area is 125 Å². The molecule has 21 heavy (non-hydrogen) atoms. The molecule has 3 aliphatic rings. The van der Waals surface area contributed by atoms with E-state index >= 15 is 0 Å². The van der Waals surface area contributed by atoms with Gasteiger partial charge in [-0.2, -0.15) is 0 Å². The molecule has 5 nitrogen and oxygen atoms in total. The van der Waals surface area contributed by atoms with E-state index in [0.717, 1.165) is 24.8 Å². The van der Waals surface area contributed by atoms with Crippen molar-refractivity contribution >= 4 is 5.97 Å². The Morgan fingerprint density at radius 3 is 2.62 bits per heavy atom. The molecule has 1 saturated heterocycles. The average molecular weight is 296 g/mol. The summed E-state index contributed by atoms with van der Waals surface area (Å²) in [6.45, 7) is 5.04. The minimum atomic E-state index is -1.02. The number of ether oxygens (including phenoxy) is 3. The third-order valence-corrected chi connectivity index (χ3v) is 5.76. The van der Waals surface area contributed by atoms with Gasteiger partial charge in [0.2, 0.25) is 0 Å². The molecule has 1 heterocycles. The van der Waals surface area contributed by atoms with Crippen molar-refractivity contribution in [1.29, 1.82) is 0 Å². The standard InChI is InChI=1S/C16H24O5/c1-14-8-6-12(17)15(2,13(18)19-3)11(14)5-4-7-16(14)20-9-10-21-16/h5,12,17H,4,6-10H2,1-3H3/t12-,14-,15+/m0/s1. The van der Waals surface area contributed by atoms with Crippen LogP contribution >= 0.6 is 0 Å². The average Bonchev–Trinajstić information content (AvgIpc) is 2.95. The molecule has 1 spiro atoms. The summed E-state index contributed by atoms with van der Waals surface area (Å²) in [7, 11) is 1.37. The lowest BCUT2D eigenvalue weighted by molar-refractivity contribution is -0.245. The van der Waals surface area contributed by atoms with Crippen LogP contribution in [0, 0.1) is 10.8 Å². The third-order valence-electron chi connectivity index (χ3n) is 5.76. The number of allylic oxidation sites excluding steroid dienone is 1. The van der Waals surface area contributed by atoms with E-state index < -0.39 is 22.7 Å². The second-order valence-electron chi connectivity index (χ2n) is 6.69. The number of aliphatic hydroxyl groups excluding tert-OH is 1. The SMILES string of the molecule is COC(=O)[C@]1(C)C2=CCCC3(OCCO3)[C@@]2(C)CC[C@@H]1O. The molecular formula is C16H24O5. The van der Waals surface area contributed by atoms with E-state index in [-0.39, 0.29) is 5.97 Å². The first-order chi connectivity index (χ1) is 9.91. The molecule has 0 aromatic heterocycles. The topological polar surface area (TPSA) is 65.0 Å². The highest BCUT2D eigenvalue weighted by Gasteiger charge is 2.64. The fraction of sp³-hybridized carbons (Fsp3) is 0.812. The van der Waals surface area contributed by atoms with Gasteiger partial charge in [-0.1, -0.05) is 13.0 Å². The number of esters is 1. The summed E-state index contributed by atoms with van der Waals surface area (Å²) in [6.07, 6.45) is 4.20. The first-order valence-electron chi connectivity index (χ1n) is 7.66.